The molecule has 1 fully saturated rings. The maximum absolute atomic E-state index is 11.6. The molecule has 0 bridgehead atoms. The lowest BCUT2D eigenvalue weighted by Crippen LogP contribution is -2.54. The number of benzene rings is 1. The average Bonchev–Trinajstić information content (AvgIpc) is 2.53. The van der Waals surface area contributed by atoms with E-state index in [2.05, 4.69) is 11.0 Å². The molecular formula is C18H25N3O3. The summed E-state index contributed by atoms with van der Waals surface area (Å²) in [6.07, 6.45) is -0.112. The molecule has 130 valence electrons. The van der Waals surface area contributed by atoms with Gasteiger partial charge in [-0.05, 0) is 38.1 Å². The highest BCUT2D eigenvalue weighted by Gasteiger charge is 2.33. The number of nitrogens with zero attached hydrogens (tertiary/aromatic N) is 3. The number of anilines is 1. The number of morpholine rings is 1. The number of rotatable bonds is 5. The molecule has 1 aliphatic rings. The van der Waals surface area contributed by atoms with Crippen LogP contribution in [0.5, 0.6) is 0 Å². The third-order valence-electron chi connectivity index (χ3n) is 3.87. The Bertz CT molecular complexity index is 605. The molecule has 1 heterocycles. The standard InChI is InChI=1S/C18H25N3O3/c1-18(2)13-21(15-7-5-14(9-19)6-8-15)10-16(24-18)11-23-12-17(22)20(3)4/h5-8,16H,10-13H2,1-4H3/t16-/m0/s1. The normalized spacial score (nSPS) is 19.6. The zero-order valence-corrected chi connectivity index (χ0v) is 14.8. The fraction of sp³-hybridized carbons (Fsp3) is 0.556. The third kappa shape index (κ3) is 4.95. The molecule has 0 aliphatic carbocycles. The number of nitriles is 1. The molecule has 1 atom stereocenters. The first-order chi connectivity index (χ1) is 11.3. The summed E-state index contributed by atoms with van der Waals surface area (Å²) in [5.74, 6) is -0.0611. The highest BCUT2D eigenvalue weighted by atomic mass is 16.5. The van der Waals surface area contributed by atoms with Gasteiger partial charge in [0.1, 0.15) is 6.61 Å². The summed E-state index contributed by atoms with van der Waals surface area (Å²) >= 11 is 0. The third-order valence-corrected chi connectivity index (χ3v) is 3.87. The fourth-order valence-electron chi connectivity index (χ4n) is 2.73. The molecule has 0 radical (unpaired) electrons. The van der Waals surface area contributed by atoms with Gasteiger partial charge in [0, 0.05) is 32.9 Å². The van der Waals surface area contributed by atoms with Crippen LogP contribution in [-0.2, 0) is 14.3 Å². The second-order valence-electron chi connectivity index (χ2n) is 6.84. The van der Waals surface area contributed by atoms with Gasteiger partial charge in [-0.3, -0.25) is 4.79 Å². The summed E-state index contributed by atoms with van der Waals surface area (Å²) in [5.41, 5.74) is 1.39. The van der Waals surface area contributed by atoms with Gasteiger partial charge in [0.05, 0.1) is 29.9 Å². The molecule has 1 aromatic rings. The number of carbonyl (C=O) groups is 1. The summed E-state index contributed by atoms with van der Waals surface area (Å²) in [7, 11) is 3.41. The second-order valence-corrected chi connectivity index (χ2v) is 6.84. The molecule has 6 heteroatoms. The Labute approximate surface area is 143 Å². The van der Waals surface area contributed by atoms with E-state index in [0.29, 0.717) is 18.7 Å². The van der Waals surface area contributed by atoms with Gasteiger partial charge >= 0.3 is 0 Å². The van der Waals surface area contributed by atoms with Crippen LogP contribution < -0.4 is 4.90 Å². The molecule has 6 nitrogen and oxygen atoms in total. The van der Waals surface area contributed by atoms with Crippen LogP contribution in [0.1, 0.15) is 19.4 Å². The number of hydrogen-bond donors (Lipinski definition) is 0. The van der Waals surface area contributed by atoms with Crippen molar-refractivity contribution in [2.45, 2.75) is 25.6 Å². The van der Waals surface area contributed by atoms with Gasteiger partial charge in [-0.15, -0.1) is 0 Å². The predicted molar refractivity (Wildman–Crippen MR) is 91.8 cm³/mol. The minimum absolute atomic E-state index is 0.0597. The van der Waals surface area contributed by atoms with Crippen LogP contribution in [0, 0.1) is 11.3 Å². The van der Waals surface area contributed by atoms with Crippen LogP contribution in [0.15, 0.2) is 24.3 Å². The zero-order chi connectivity index (χ0) is 17.7. The summed E-state index contributed by atoms with van der Waals surface area (Å²) in [6, 6.07) is 9.67. The van der Waals surface area contributed by atoms with Gasteiger partial charge in [0.15, 0.2) is 0 Å². The lowest BCUT2D eigenvalue weighted by Gasteiger charge is -2.43. The summed E-state index contributed by atoms with van der Waals surface area (Å²) in [4.78, 5) is 15.3. The van der Waals surface area contributed by atoms with Gasteiger partial charge in [-0.25, -0.2) is 0 Å². The summed E-state index contributed by atoms with van der Waals surface area (Å²) in [5, 5.41) is 8.91. The Morgan fingerprint density at radius 2 is 2.08 bits per heavy atom. The van der Waals surface area contributed by atoms with Gasteiger partial charge in [0.2, 0.25) is 5.91 Å². The first-order valence-electron chi connectivity index (χ1n) is 8.01. The fourth-order valence-corrected chi connectivity index (χ4v) is 2.73. The van der Waals surface area contributed by atoms with Crippen molar-refractivity contribution in [3.05, 3.63) is 29.8 Å². The quantitative estimate of drug-likeness (QED) is 0.821. The van der Waals surface area contributed by atoms with E-state index in [1.165, 1.54) is 4.90 Å². The molecule has 0 spiro atoms. The van der Waals surface area contributed by atoms with E-state index >= 15 is 0 Å². The van der Waals surface area contributed by atoms with Gasteiger partial charge in [0.25, 0.3) is 0 Å². The predicted octanol–water partition coefficient (Wildman–Crippen LogP) is 1.65. The highest BCUT2D eigenvalue weighted by Crippen LogP contribution is 2.26. The van der Waals surface area contributed by atoms with Crippen LogP contribution in [-0.4, -0.2) is 62.9 Å². The largest absolute Gasteiger partial charge is 0.369 e. The Morgan fingerprint density at radius 1 is 1.42 bits per heavy atom. The number of hydrogen-bond acceptors (Lipinski definition) is 5. The van der Waals surface area contributed by atoms with Crippen LogP contribution in [0.25, 0.3) is 0 Å². The van der Waals surface area contributed by atoms with Crippen LogP contribution in [0.3, 0.4) is 0 Å². The Kier molecular flexibility index (Phi) is 5.81. The van der Waals surface area contributed by atoms with Crippen molar-refractivity contribution in [3.63, 3.8) is 0 Å². The molecule has 24 heavy (non-hydrogen) atoms. The summed E-state index contributed by atoms with van der Waals surface area (Å²) in [6.45, 7) is 5.96. The Hall–Kier alpha value is -2.10. The van der Waals surface area contributed by atoms with Crippen LogP contribution in [0.2, 0.25) is 0 Å². The monoisotopic (exact) mass is 331 g/mol. The van der Waals surface area contributed by atoms with Crippen molar-refractivity contribution < 1.29 is 14.3 Å². The maximum Gasteiger partial charge on any atom is 0.248 e. The highest BCUT2D eigenvalue weighted by molar-refractivity contribution is 5.76. The number of likely N-dealkylation sites (N-methyl/N-ethyl adjacent to an activating group) is 1. The van der Waals surface area contributed by atoms with Crippen LogP contribution in [0.4, 0.5) is 5.69 Å². The first-order valence-corrected chi connectivity index (χ1v) is 8.01. The minimum Gasteiger partial charge on any atom is -0.369 e. The van der Waals surface area contributed by atoms with Crippen molar-refractivity contribution >= 4 is 11.6 Å². The van der Waals surface area contributed by atoms with Crippen molar-refractivity contribution in [2.24, 2.45) is 0 Å². The van der Waals surface area contributed by atoms with E-state index in [0.717, 1.165) is 12.2 Å². The number of carbonyl (C=O) groups excluding carboxylic acids is 1. The average molecular weight is 331 g/mol. The lowest BCUT2D eigenvalue weighted by atomic mass is 10.0. The van der Waals surface area contributed by atoms with Crippen molar-refractivity contribution in [1.29, 1.82) is 5.26 Å². The molecule has 0 aromatic heterocycles. The number of amides is 1. The smallest absolute Gasteiger partial charge is 0.248 e. The van der Waals surface area contributed by atoms with Crippen molar-refractivity contribution in [3.8, 4) is 6.07 Å². The molecule has 1 amide bonds. The van der Waals surface area contributed by atoms with Gasteiger partial charge < -0.3 is 19.3 Å². The SMILES string of the molecule is CN(C)C(=O)COC[C@@H]1CN(c2ccc(C#N)cc2)CC(C)(C)O1. The molecule has 0 unspecified atom stereocenters. The van der Waals surface area contributed by atoms with Gasteiger partial charge in [-0.1, -0.05) is 0 Å². The van der Waals surface area contributed by atoms with E-state index in [-0.39, 0.29) is 24.2 Å². The first kappa shape index (κ1) is 18.2. The molecule has 0 saturated carbocycles. The van der Waals surface area contributed by atoms with Crippen molar-refractivity contribution in [1.82, 2.24) is 4.90 Å². The molecule has 1 aromatic carbocycles. The van der Waals surface area contributed by atoms with E-state index in [4.69, 9.17) is 14.7 Å². The lowest BCUT2D eigenvalue weighted by molar-refractivity contribution is -0.139. The van der Waals surface area contributed by atoms with E-state index in [9.17, 15) is 4.79 Å². The Balaban J connectivity index is 1.98. The number of ether oxygens (including phenoxy) is 2. The molecule has 2 rings (SSSR count). The van der Waals surface area contributed by atoms with Crippen molar-refractivity contribution in [2.75, 3.05) is 45.3 Å². The molecular weight excluding hydrogens is 306 g/mol. The zero-order valence-electron chi connectivity index (χ0n) is 14.8. The topological polar surface area (TPSA) is 65.8 Å². The molecule has 1 aliphatic heterocycles. The second kappa shape index (κ2) is 7.65. The van der Waals surface area contributed by atoms with Gasteiger partial charge in [-0.2, -0.15) is 5.26 Å². The minimum atomic E-state index is -0.314. The maximum atomic E-state index is 11.6. The molecule has 0 N–H and O–H groups in total. The molecule has 1 saturated heterocycles. The summed E-state index contributed by atoms with van der Waals surface area (Å²) < 4.78 is 11.6. The van der Waals surface area contributed by atoms with E-state index in [1.54, 1.807) is 14.1 Å². The van der Waals surface area contributed by atoms with Crippen LogP contribution >= 0.6 is 0 Å². The van der Waals surface area contributed by atoms with E-state index in [1.807, 2.05) is 38.1 Å². The Morgan fingerprint density at radius 3 is 2.67 bits per heavy atom. The van der Waals surface area contributed by atoms with E-state index < -0.39 is 0 Å².